The predicted molar refractivity (Wildman–Crippen MR) is 71.3 cm³/mol. The Kier molecular flexibility index (Phi) is 3.71. The average molecular weight is 247 g/mol. The van der Waals surface area contributed by atoms with Crippen molar-refractivity contribution >= 4 is 5.91 Å². The second-order valence-electron chi connectivity index (χ2n) is 5.40. The number of benzene rings is 1. The first kappa shape index (κ1) is 13.1. The van der Waals surface area contributed by atoms with Crippen molar-refractivity contribution in [2.45, 2.75) is 26.2 Å². The smallest absolute Gasteiger partial charge is 0.230 e. The van der Waals surface area contributed by atoms with E-state index < -0.39 is 5.41 Å². The maximum atomic E-state index is 12.1. The number of nitrogens with zero attached hydrogens (tertiary/aromatic N) is 1. The first-order valence-electron chi connectivity index (χ1n) is 6.49. The summed E-state index contributed by atoms with van der Waals surface area (Å²) in [5, 5.41) is 9.24. The van der Waals surface area contributed by atoms with E-state index >= 15 is 0 Å². The quantitative estimate of drug-likeness (QED) is 0.861. The molecule has 3 nitrogen and oxygen atoms in total. The molecule has 1 aromatic carbocycles. The minimum absolute atomic E-state index is 0.0132. The van der Waals surface area contributed by atoms with Gasteiger partial charge in [-0.1, -0.05) is 29.8 Å². The first-order chi connectivity index (χ1) is 8.57. The molecule has 2 rings (SSSR count). The predicted octanol–water partition coefficient (Wildman–Crippen LogP) is 1.77. The zero-order valence-corrected chi connectivity index (χ0v) is 11.1. The van der Waals surface area contributed by atoms with Crippen LogP contribution < -0.4 is 0 Å². The molecule has 0 saturated heterocycles. The summed E-state index contributed by atoms with van der Waals surface area (Å²) in [6.45, 7) is 2.77. The Labute approximate surface area is 108 Å². The van der Waals surface area contributed by atoms with E-state index in [4.69, 9.17) is 0 Å². The van der Waals surface area contributed by atoms with Crippen LogP contribution in [0.5, 0.6) is 0 Å². The van der Waals surface area contributed by atoms with Crippen LogP contribution in [-0.2, 0) is 11.2 Å². The number of likely N-dealkylation sites (N-methyl/N-ethyl adjacent to an activating group) is 1. The van der Waals surface area contributed by atoms with Crippen molar-refractivity contribution in [1.82, 2.24) is 4.90 Å². The number of carbonyl (C=O) groups is 1. The molecule has 3 heteroatoms. The molecule has 1 N–H and O–H groups in total. The summed E-state index contributed by atoms with van der Waals surface area (Å²) in [5.74, 6) is 0.0945. The van der Waals surface area contributed by atoms with Crippen LogP contribution in [-0.4, -0.2) is 36.1 Å². The molecular formula is C15H21NO2. The summed E-state index contributed by atoms with van der Waals surface area (Å²) in [5.41, 5.74) is 2.05. The van der Waals surface area contributed by atoms with Gasteiger partial charge in [-0.2, -0.15) is 0 Å². The van der Waals surface area contributed by atoms with Gasteiger partial charge in [0.15, 0.2) is 0 Å². The molecule has 18 heavy (non-hydrogen) atoms. The molecule has 0 bridgehead atoms. The molecule has 0 aromatic heterocycles. The molecule has 1 amide bonds. The zero-order valence-electron chi connectivity index (χ0n) is 11.1. The SMILES string of the molecule is Cc1ccc(CCN(C)C(=O)C2(CO)CC2)cc1. The van der Waals surface area contributed by atoms with E-state index in [1.165, 1.54) is 11.1 Å². The van der Waals surface area contributed by atoms with Gasteiger partial charge in [0.1, 0.15) is 0 Å². The number of aryl methyl sites for hydroxylation is 1. The van der Waals surface area contributed by atoms with Gasteiger partial charge in [0.25, 0.3) is 0 Å². The fraction of sp³-hybridized carbons (Fsp3) is 0.533. The number of aliphatic hydroxyl groups excluding tert-OH is 1. The number of amides is 1. The Morgan fingerprint density at radius 1 is 1.33 bits per heavy atom. The number of hydrogen-bond acceptors (Lipinski definition) is 2. The van der Waals surface area contributed by atoms with Crippen LogP contribution in [0.2, 0.25) is 0 Å². The van der Waals surface area contributed by atoms with Crippen LogP contribution >= 0.6 is 0 Å². The maximum absolute atomic E-state index is 12.1. The van der Waals surface area contributed by atoms with Gasteiger partial charge in [0.2, 0.25) is 5.91 Å². The third kappa shape index (κ3) is 2.72. The zero-order chi connectivity index (χ0) is 13.2. The molecule has 1 fully saturated rings. The highest BCUT2D eigenvalue weighted by molar-refractivity contribution is 5.85. The number of aliphatic hydroxyl groups is 1. The van der Waals surface area contributed by atoms with Crippen molar-refractivity contribution in [3.05, 3.63) is 35.4 Å². The third-order valence-corrected chi connectivity index (χ3v) is 3.81. The second kappa shape index (κ2) is 5.11. The number of rotatable bonds is 5. The summed E-state index contributed by atoms with van der Waals surface area (Å²) >= 11 is 0. The Morgan fingerprint density at radius 3 is 2.44 bits per heavy atom. The largest absolute Gasteiger partial charge is 0.395 e. The average Bonchev–Trinajstić information content (AvgIpc) is 3.18. The highest BCUT2D eigenvalue weighted by atomic mass is 16.3. The lowest BCUT2D eigenvalue weighted by Gasteiger charge is -2.22. The Hall–Kier alpha value is -1.35. The second-order valence-corrected chi connectivity index (χ2v) is 5.40. The van der Waals surface area contributed by atoms with Crippen molar-refractivity contribution < 1.29 is 9.90 Å². The molecule has 0 aliphatic heterocycles. The molecule has 0 spiro atoms. The number of carbonyl (C=O) groups excluding carboxylic acids is 1. The minimum Gasteiger partial charge on any atom is -0.395 e. The van der Waals surface area contributed by atoms with Crippen LogP contribution in [0.15, 0.2) is 24.3 Å². The molecular weight excluding hydrogens is 226 g/mol. The molecule has 0 radical (unpaired) electrons. The monoisotopic (exact) mass is 247 g/mol. The van der Waals surface area contributed by atoms with Gasteiger partial charge < -0.3 is 10.0 Å². The first-order valence-corrected chi connectivity index (χ1v) is 6.49. The lowest BCUT2D eigenvalue weighted by atomic mass is 10.1. The van der Waals surface area contributed by atoms with Crippen LogP contribution in [0, 0.1) is 12.3 Å². The molecule has 0 atom stereocenters. The Bertz CT molecular complexity index is 421. The standard InChI is InChI=1S/C15H21NO2/c1-12-3-5-13(6-4-12)7-10-16(2)14(18)15(11-17)8-9-15/h3-6,17H,7-11H2,1-2H3. The summed E-state index contributed by atoms with van der Waals surface area (Å²) in [6.07, 6.45) is 2.53. The van der Waals surface area contributed by atoms with Crippen molar-refractivity contribution in [3.63, 3.8) is 0 Å². The van der Waals surface area contributed by atoms with Crippen LogP contribution in [0.4, 0.5) is 0 Å². The molecule has 1 aromatic rings. The van der Waals surface area contributed by atoms with Gasteiger partial charge in [0.05, 0.1) is 12.0 Å². The van der Waals surface area contributed by atoms with E-state index in [1.54, 1.807) is 4.90 Å². The van der Waals surface area contributed by atoms with Crippen LogP contribution in [0.25, 0.3) is 0 Å². The van der Waals surface area contributed by atoms with Gasteiger partial charge in [0, 0.05) is 13.6 Å². The highest BCUT2D eigenvalue weighted by Gasteiger charge is 2.50. The molecule has 1 aliphatic rings. The highest BCUT2D eigenvalue weighted by Crippen LogP contribution is 2.46. The molecule has 1 saturated carbocycles. The van der Waals surface area contributed by atoms with E-state index in [0.717, 1.165) is 19.3 Å². The minimum atomic E-state index is -0.442. The van der Waals surface area contributed by atoms with E-state index in [0.29, 0.717) is 6.54 Å². The van der Waals surface area contributed by atoms with Gasteiger partial charge in [-0.25, -0.2) is 0 Å². The maximum Gasteiger partial charge on any atom is 0.230 e. The van der Waals surface area contributed by atoms with Crippen molar-refractivity contribution in [2.24, 2.45) is 5.41 Å². The molecule has 1 aliphatic carbocycles. The van der Waals surface area contributed by atoms with Crippen molar-refractivity contribution in [3.8, 4) is 0 Å². The lowest BCUT2D eigenvalue weighted by Crippen LogP contribution is -2.37. The van der Waals surface area contributed by atoms with Gasteiger partial charge in [-0.05, 0) is 31.7 Å². The molecule has 0 heterocycles. The lowest BCUT2D eigenvalue weighted by molar-refractivity contribution is -0.137. The normalized spacial score (nSPS) is 16.4. The summed E-state index contributed by atoms with van der Waals surface area (Å²) in [7, 11) is 1.83. The fourth-order valence-corrected chi connectivity index (χ4v) is 2.15. The van der Waals surface area contributed by atoms with Crippen LogP contribution in [0.1, 0.15) is 24.0 Å². The molecule has 98 valence electrons. The Balaban J connectivity index is 1.86. The van der Waals surface area contributed by atoms with Crippen LogP contribution in [0.3, 0.4) is 0 Å². The topological polar surface area (TPSA) is 40.5 Å². The molecule has 0 unspecified atom stereocenters. The van der Waals surface area contributed by atoms with Gasteiger partial charge >= 0.3 is 0 Å². The Morgan fingerprint density at radius 2 is 1.94 bits per heavy atom. The van der Waals surface area contributed by atoms with E-state index in [1.807, 2.05) is 7.05 Å². The third-order valence-electron chi connectivity index (χ3n) is 3.81. The van der Waals surface area contributed by atoms with Gasteiger partial charge in [-0.15, -0.1) is 0 Å². The van der Waals surface area contributed by atoms with E-state index in [-0.39, 0.29) is 12.5 Å². The van der Waals surface area contributed by atoms with E-state index in [2.05, 4.69) is 31.2 Å². The summed E-state index contributed by atoms with van der Waals surface area (Å²) in [6, 6.07) is 8.39. The summed E-state index contributed by atoms with van der Waals surface area (Å²) in [4.78, 5) is 13.9. The number of hydrogen-bond donors (Lipinski definition) is 1. The summed E-state index contributed by atoms with van der Waals surface area (Å²) < 4.78 is 0. The van der Waals surface area contributed by atoms with Crippen molar-refractivity contribution in [2.75, 3.05) is 20.2 Å². The van der Waals surface area contributed by atoms with Gasteiger partial charge in [-0.3, -0.25) is 4.79 Å². The fourth-order valence-electron chi connectivity index (χ4n) is 2.15. The van der Waals surface area contributed by atoms with Crippen molar-refractivity contribution in [1.29, 1.82) is 0 Å². The van der Waals surface area contributed by atoms with E-state index in [9.17, 15) is 9.90 Å².